The van der Waals surface area contributed by atoms with E-state index in [0.29, 0.717) is 0 Å². The summed E-state index contributed by atoms with van der Waals surface area (Å²) in [6.45, 7) is 8.18. The van der Waals surface area contributed by atoms with Gasteiger partial charge in [0.1, 0.15) is 6.17 Å². The Bertz CT molecular complexity index is 1760. The van der Waals surface area contributed by atoms with Crippen LogP contribution in [0.5, 0.6) is 0 Å². The highest BCUT2D eigenvalue weighted by Gasteiger charge is 2.14. The van der Waals surface area contributed by atoms with Crippen LogP contribution in [0.3, 0.4) is 0 Å². The van der Waals surface area contributed by atoms with Crippen LogP contribution in [0.15, 0.2) is 161 Å². The molecule has 3 N–H and O–H groups in total. The fourth-order valence-corrected chi connectivity index (χ4v) is 5.42. The quantitative estimate of drug-likeness (QED) is 0.132. The zero-order chi connectivity index (χ0) is 32.0. The van der Waals surface area contributed by atoms with Gasteiger partial charge < -0.3 is 10.6 Å². The Morgan fingerprint density at radius 3 is 2.00 bits per heavy atom. The van der Waals surface area contributed by atoms with E-state index in [4.69, 9.17) is 0 Å². The number of nitrogens with one attached hydrogen (secondary N) is 3. The molecule has 46 heavy (non-hydrogen) atoms. The minimum absolute atomic E-state index is 0.0450. The summed E-state index contributed by atoms with van der Waals surface area (Å²) in [6, 6.07) is 45.5. The molecule has 0 bridgehead atoms. The van der Waals surface area contributed by atoms with E-state index in [1.807, 2.05) is 61.6 Å². The molecule has 1 unspecified atom stereocenters. The zero-order valence-electron chi connectivity index (χ0n) is 26.4. The Morgan fingerprint density at radius 2 is 1.35 bits per heavy atom. The van der Waals surface area contributed by atoms with Crippen LogP contribution in [-0.4, -0.2) is 20.5 Å². The summed E-state index contributed by atoms with van der Waals surface area (Å²) in [5.74, 6) is 0. The van der Waals surface area contributed by atoms with Gasteiger partial charge in [0.2, 0.25) is 0 Å². The Morgan fingerprint density at radius 1 is 0.717 bits per heavy atom. The minimum Gasteiger partial charge on any atom is -0.391 e. The van der Waals surface area contributed by atoms with Crippen LogP contribution in [-0.2, 0) is 6.54 Å². The Balaban J connectivity index is 0.000000209. The fourth-order valence-electron chi connectivity index (χ4n) is 5.42. The maximum Gasteiger partial charge on any atom is 0.125 e. The average Bonchev–Trinajstić information content (AvgIpc) is 3.14. The highest BCUT2D eigenvalue weighted by Crippen LogP contribution is 2.35. The molecule has 0 saturated carbocycles. The second-order valence-electron chi connectivity index (χ2n) is 10.9. The molecule has 0 fully saturated rings. The fraction of sp³-hybridized carbons (Fsp3) is 0.122. The Labute approximate surface area is 273 Å². The van der Waals surface area contributed by atoms with Crippen LogP contribution in [0, 0.1) is 0 Å². The predicted octanol–water partition coefficient (Wildman–Crippen LogP) is 9.89. The lowest BCUT2D eigenvalue weighted by Gasteiger charge is -2.18. The largest absolute Gasteiger partial charge is 0.391 e. The van der Waals surface area contributed by atoms with Crippen LogP contribution in [0.1, 0.15) is 35.7 Å². The highest BCUT2D eigenvalue weighted by atomic mass is 15.1. The molecule has 5 nitrogen and oxygen atoms in total. The van der Waals surface area contributed by atoms with E-state index < -0.39 is 0 Å². The average molecular weight is 604 g/mol. The summed E-state index contributed by atoms with van der Waals surface area (Å²) in [6.07, 6.45) is 6.42. The molecule has 0 heterocycles. The predicted molar refractivity (Wildman–Crippen MR) is 197 cm³/mol. The first-order chi connectivity index (χ1) is 22.7. The molecule has 230 valence electrons. The van der Waals surface area contributed by atoms with E-state index in [0.717, 1.165) is 47.6 Å². The van der Waals surface area contributed by atoms with Crippen LogP contribution < -0.4 is 16.0 Å². The maximum atomic E-state index is 4.23. The number of benzene rings is 5. The molecule has 5 heteroatoms. The zero-order valence-corrected chi connectivity index (χ0v) is 26.4. The third kappa shape index (κ3) is 8.56. The van der Waals surface area contributed by atoms with Crippen molar-refractivity contribution in [2.24, 2.45) is 9.98 Å². The summed E-state index contributed by atoms with van der Waals surface area (Å²) >= 11 is 0. The lowest BCUT2D eigenvalue weighted by atomic mass is 9.95. The third-order valence-corrected chi connectivity index (χ3v) is 7.85. The molecule has 5 aromatic rings. The Hall–Kier alpha value is -5.52. The molecular formula is C41H41N5. The van der Waals surface area contributed by atoms with Gasteiger partial charge in [0.15, 0.2) is 0 Å². The van der Waals surface area contributed by atoms with Crippen LogP contribution in [0.4, 0.5) is 17.1 Å². The first kappa shape index (κ1) is 31.9. The van der Waals surface area contributed by atoms with Gasteiger partial charge in [-0.1, -0.05) is 115 Å². The molecule has 1 atom stereocenters. The molecule has 6 rings (SSSR count). The van der Waals surface area contributed by atoms with E-state index >= 15 is 0 Å². The first-order valence-electron chi connectivity index (χ1n) is 15.6. The van der Waals surface area contributed by atoms with Gasteiger partial charge in [-0.25, -0.2) is 0 Å². The standard InChI is InChI=1S/C26H25N3.C15H16N2/c1-27-25-11-7-6-10-23(25)24-18-22(16-17-26(24)28-2)29-21-14-12-20(13-15-21)19-8-4-3-5-9-19;1-16-15(14-10-6-3-7-11-14)17-12-13-8-4-2-5-9-13/h3-6,8-10,12-18,27,29H,2,7,11H2,1H3;2-11,15,17H,1,12H2. The third-order valence-electron chi connectivity index (χ3n) is 7.85. The van der Waals surface area contributed by atoms with Crippen molar-refractivity contribution in [3.63, 3.8) is 0 Å². The van der Waals surface area contributed by atoms with Gasteiger partial charge in [-0.15, -0.1) is 0 Å². The van der Waals surface area contributed by atoms with Gasteiger partial charge in [0.05, 0.1) is 5.69 Å². The Kier molecular flexibility index (Phi) is 11.5. The number of aliphatic imine (C=N–C) groups is 2. The van der Waals surface area contributed by atoms with Crippen LogP contribution >= 0.6 is 0 Å². The van der Waals surface area contributed by atoms with Gasteiger partial charge in [-0.05, 0) is 78.9 Å². The van der Waals surface area contributed by atoms with E-state index in [1.165, 1.54) is 28.0 Å². The van der Waals surface area contributed by atoms with Gasteiger partial charge in [-0.3, -0.25) is 15.3 Å². The summed E-state index contributed by atoms with van der Waals surface area (Å²) in [5, 5.41) is 10.2. The summed E-state index contributed by atoms with van der Waals surface area (Å²) in [4.78, 5) is 8.35. The second-order valence-corrected chi connectivity index (χ2v) is 10.9. The summed E-state index contributed by atoms with van der Waals surface area (Å²) in [5.41, 5.74) is 11.3. The minimum atomic E-state index is -0.0450. The van der Waals surface area contributed by atoms with Crippen LogP contribution in [0.2, 0.25) is 0 Å². The molecular weight excluding hydrogens is 562 g/mol. The number of nitrogens with zero attached hydrogens (tertiary/aromatic N) is 2. The molecule has 5 aromatic carbocycles. The summed E-state index contributed by atoms with van der Waals surface area (Å²) in [7, 11) is 1.98. The first-order valence-corrected chi connectivity index (χ1v) is 15.6. The van der Waals surface area contributed by atoms with E-state index in [9.17, 15) is 0 Å². The number of hydrogen-bond acceptors (Lipinski definition) is 5. The molecule has 0 radical (unpaired) electrons. The number of rotatable bonds is 11. The van der Waals surface area contributed by atoms with Gasteiger partial charge in [0, 0.05) is 41.8 Å². The van der Waals surface area contributed by atoms with Crippen molar-refractivity contribution in [3.8, 4) is 11.1 Å². The SMILES string of the molecule is C=NC(NCc1ccccc1)c1ccccc1.C=Nc1ccc(Nc2ccc(-c3ccccc3)cc2)cc1C1=C(NC)CCC=C1. The number of hydrogen-bond donors (Lipinski definition) is 3. The molecule has 1 aliphatic rings. The summed E-state index contributed by atoms with van der Waals surface area (Å²) < 4.78 is 0. The van der Waals surface area contributed by atoms with Crippen molar-refractivity contribution in [2.75, 3.05) is 12.4 Å². The van der Waals surface area contributed by atoms with Gasteiger partial charge >= 0.3 is 0 Å². The molecule has 1 aliphatic carbocycles. The lowest BCUT2D eigenvalue weighted by molar-refractivity contribution is 0.557. The van der Waals surface area contributed by atoms with E-state index in [2.05, 4.69) is 130 Å². The van der Waals surface area contributed by atoms with E-state index in [1.54, 1.807) is 0 Å². The van der Waals surface area contributed by atoms with Gasteiger partial charge in [-0.2, -0.15) is 0 Å². The number of allylic oxidation sites excluding steroid dienone is 4. The molecule has 0 amide bonds. The smallest absolute Gasteiger partial charge is 0.125 e. The topological polar surface area (TPSA) is 60.8 Å². The van der Waals surface area contributed by atoms with Crippen molar-refractivity contribution in [2.45, 2.75) is 25.6 Å². The molecule has 0 aromatic heterocycles. The molecule has 0 aliphatic heterocycles. The second kappa shape index (κ2) is 16.5. The molecule has 0 spiro atoms. The van der Waals surface area contributed by atoms with Crippen LogP contribution in [0.25, 0.3) is 16.7 Å². The van der Waals surface area contributed by atoms with Crippen molar-refractivity contribution < 1.29 is 0 Å². The monoisotopic (exact) mass is 603 g/mol. The van der Waals surface area contributed by atoms with Crippen molar-refractivity contribution in [3.05, 3.63) is 168 Å². The maximum absolute atomic E-state index is 4.23. The number of anilines is 2. The normalized spacial score (nSPS) is 12.8. The highest BCUT2D eigenvalue weighted by molar-refractivity contribution is 5.86. The van der Waals surface area contributed by atoms with Crippen molar-refractivity contribution >= 4 is 36.1 Å². The lowest BCUT2D eigenvalue weighted by Crippen LogP contribution is -2.18. The van der Waals surface area contributed by atoms with Crippen molar-refractivity contribution in [1.82, 2.24) is 10.6 Å². The molecule has 0 saturated heterocycles. The van der Waals surface area contributed by atoms with Crippen molar-refractivity contribution in [1.29, 1.82) is 0 Å². The van der Waals surface area contributed by atoms with E-state index in [-0.39, 0.29) is 6.17 Å². The van der Waals surface area contributed by atoms with Gasteiger partial charge in [0.25, 0.3) is 0 Å².